The van der Waals surface area contributed by atoms with Crippen molar-refractivity contribution in [3.8, 4) is 11.4 Å². The quantitative estimate of drug-likeness (QED) is 0.392. The lowest BCUT2D eigenvalue weighted by Gasteiger charge is -2.03. The normalized spacial score (nSPS) is 10.3. The zero-order valence-electron chi connectivity index (χ0n) is 12.4. The summed E-state index contributed by atoms with van der Waals surface area (Å²) in [5.41, 5.74) is 1.86. The molecule has 0 aliphatic carbocycles. The molecule has 0 spiro atoms. The summed E-state index contributed by atoms with van der Waals surface area (Å²) in [6, 6.07) is 12.7. The van der Waals surface area contributed by atoms with Gasteiger partial charge in [-0.3, -0.25) is 14.9 Å². The van der Waals surface area contributed by atoms with Gasteiger partial charge in [0.05, 0.1) is 16.8 Å². The van der Waals surface area contributed by atoms with Crippen molar-refractivity contribution in [3.63, 3.8) is 0 Å². The summed E-state index contributed by atoms with van der Waals surface area (Å²) in [4.78, 5) is 20.8. The Kier molecular flexibility index (Phi) is 4.28. The van der Waals surface area contributed by atoms with Gasteiger partial charge in [-0.1, -0.05) is 5.21 Å². The van der Waals surface area contributed by atoms with Crippen LogP contribution in [0.25, 0.3) is 5.69 Å². The molecule has 3 rings (SSSR count). The van der Waals surface area contributed by atoms with Crippen molar-refractivity contribution in [3.05, 3.63) is 76.1 Å². The number of hydrogen-bond donors (Lipinski definition) is 0. The van der Waals surface area contributed by atoms with Crippen LogP contribution < -0.4 is 4.74 Å². The Morgan fingerprint density at radius 2 is 1.83 bits per heavy atom. The lowest BCUT2D eigenvalue weighted by Crippen LogP contribution is -1.96. The van der Waals surface area contributed by atoms with E-state index in [1.54, 1.807) is 42.6 Å². The first-order valence-corrected chi connectivity index (χ1v) is 7.00. The SMILES string of the molecule is O=Cc1ccc(OCc2cn(-c3ccc([N+](=O)[O-])cc3)nn2)cc1. The van der Waals surface area contributed by atoms with E-state index in [2.05, 4.69) is 10.3 Å². The monoisotopic (exact) mass is 324 g/mol. The first kappa shape index (κ1) is 15.3. The third-order valence-electron chi connectivity index (χ3n) is 3.27. The van der Waals surface area contributed by atoms with Crippen LogP contribution in [-0.2, 0) is 6.61 Å². The maximum atomic E-state index is 10.6. The molecule has 0 aliphatic heterocycles. The van der Waals surface area contributed by atoms with E-state index >= 15 is 0 Å². The maximum absolute atomic E-state index is 10.6. The second-order valence-electron chi connectivity index (χ2n) is 4.90. The van der Waals surface area contributed by atoms with Crippen LogP contribution in [0, 0.1) is 10.1 Å². The van der Waals surface area contributed by atoms with E-state index < -0.39 is 4.92 Å². The van der Waals surface area contributed by atoms with Gasteiger partial charge in [-0.25, -0.2) is 4.68 Å². The molecule has 0 fully saturated rings. The van der Waals surface area contributed by atoms with E-state index in [-0.39, 0.29) is 12.3 Å². The van der Waals surface area contributed by atoms with Crippen LogP contribution in [0.3, 0.4) is 0 Å². The summed E-state index contributed by atoms with van der Waals surface area (Å²) in [6.07, 6.45) is 2.44. The summed E-state index contributed by atoms with van der Waals surface area (Å²) in [5, 5.41) is 18.6. The molecule has 2 aromatic carbocycles. The highest BCUT2D eigenvalue weighted by Crippen LogP contribution is 2.16. The van der Waals surface area contributed by atoms with Gasteiger partial charge in [-0.05, 0) is 36.4 Å². The summed E-state index contributed by atoms with van der Waals surface area (Å²) in [7, 11) is 0. The molecule has 0 radical (unpaired) electrons. The minimum Gasteiger partial charge on any atom is -0.487 e. The highest BCUT2D eigenvalue weighted by molar-refractivity contribution is 5.74. The molecule has 0 atom stereocenters. The van der Waals surface area contributed by atoms with Gasteiger partial charge in [-0.2, -0.15) is 0 Å². The number of non-ortho nitro benzene ring substituents is 1. The highest BCUT2D eigenvalue weighted by atomic mass is 16.6. The Morgan fingerprint density at radius 3 is 2.46 bits per heavy atom. The van der Waals surface area contributed by atoms with E-state index in [4.69, 9.17) is 4.74 Å². The standard InChI is InChI=1S/C16H12N4O4/c21-10-12-1-7-16(8-2-12)24-11-13-9-19(18-17-13)14-3-5-15(6-4-14)20(22)23/h1-10H,11H2. The molecule has 0 N–H and O–H groups in total. The van der Waals surface area contributed by atoms with Crippen molar-refractivity contribution in [1.82, 2.24) is 15.0 Å². The Bertz CT molecular complexity index is 857. The second kappa shape index (κ2) is 6.69. The fourth-order valence-electron chi connectivity index (χ4n) is 2.02. The maximum Gasteiger partial charge on any atom is 0.269 e. The molecule has 0 unspecified atom stereocenters. The number of nitro benzene ring substituents is 1. The number of hydrogen-bond acceptors (Lipinski definition) is 6. The van der Waals surface area contributed by atoms with Gasteiger partial charge in [0, 0.05) is 17.7 Å². The zero-order valence-corrected chi connectivity index (χ0v) is 12.4. The number of carbonyl (C=O) groups excluding carboxylic acids is 1. The van der Waals surface area contributed by atoms with Gasteiger partial charge in [0.25, 0.3) is 5.69 Å². The van der Waals surface area contributed by atoms with E-state index in [0.29, 0.717) is 22.7 Å². The van der Waals surface area contributed by atoms with Crippen LogP contribution in [0.5, 0.6) is 5.75 Å². The van der Waals surface area contributed by atoms with E-state index in [1.165, 1.54) is 16.8 Å². The Labute approximate surface area is 136 Å². The van der Waals surface area contributed by atoms with Crippen molar-refractivity contribution in [2.45, 2.75) is 6.61 Å². The fourth-order valence-corrected chi connectivity index (χ4v) is 2.02. The van der Waals surface area contributed by atoms with Crippen molar-refractivity contribution in [1.29, 1.82) is 0 Å². The largest absolute Gasteiger partial charge is 0.487 e. The number of carbonyl (C=O) groups is 1. The van der Waals surface area contributed by atoms with Crippen LogP contribution >= 0.6 is 0 Å². The smallest absolute Gasteiger partial charge is 0.269 e. The predicted octanol–water partition coefficient (Wildman–Crippen LogP) is 2.57. The van der Waals surface area contributed by atoms with Gasteiger partial charge >= 0.3 is 0 Å². The van der Waals surface area contributed by atoms with Crippen LogP contribution in [-0.4, -0.2) is 26.2 Å². The minimum absolute atomic E-state index is 0.0150. The first-order valence-electron chi connectivity index (χ1n) is 7.00. The van der Waals surface area contributed by atoms with E-state index in [9.17, 15) is 14.9 Å². The van der Waals surface area contributed by atoms with Crippen molar-refractivity contribution >= 4 is 12.0 Å². The van der Waals surface area contributed by atoms with Crippen LogP contribution in [0.15, 0.2) is 54.7 Å². The van der Waals surface area contributed by atoms with Gasteiger partial charge in [0.1, 0.15) is 24.3 Å². The molecule has 0 bridgehead atoms. The Morgan fingerprint density at radius 1 is 1.12 bits per heavy atom. The third kappa shape index (κ3) is 3.43. The van der Waals surface area contributed by atoms with E-state index in [1.807, 2.05) is 0 Å². The Hall–Kier alpha value is -3.55. The number of nitro groups is 1. The lowest BCUT2D eigenvalue weighted by molar-refractivity contribution is -0.384. The minimum atomic E-state index is -0.458. The summed E-state index contributed by atoms with van der Waals surface area (Å²) in [5.74, 6) is 0.616. The van der Waals surface area contributed by atoms with Crippen LogP contribution in [0.1, 0.15) is 16.1 Å². The molecular formula is C16H12N4O4. The molecule has 0 amide bonds. The average Bonchev–Trinajstić information content (AvgIpc) is 3.09. The molecule has 24 heavy (non-hydrogen) atoms. The number of aromatic nitrogens is 3. The molecule has 3 aromatic rings. The van der Waals surface area contributed by atoms with Gasteiger partial charge in [-0.15, -0.1) is 5.10 Å². The fraction of sp³-hybridized carbons (Fsp3) is 0.0625. The number of ether oxygens (including phenoxy) is 1. The van der Waals surface area contributed by atoms with Gasteiger partial charge in [0.15, 0.2) is 0 Å². The summed E-state index contributed by atoms with van der Waals surface area (Å²) < 4.78 is 7.08. The molecule has 1 aromatic heterocycles. The second-order valence-corrected chi connectivity index (χ2v) is 4.90. The number of nitrogens with zero attached hydrogens (tertiary/aromatic N) is 4. The van der Waals surface area contributed by atoms with Gasteiger partial charge in [0.2, 0.25) is 0 Å². The summed E-state index contributed by atoms with van der Waals surface area (Å²) in [6.45, 7) is 0.216. The molecule has 8 heteroatoms. The molecule has 120 valence electrons. The number of aldehydes is 1. The lowest BCUT2D eigenvalue weighted by atomic mass is 10.2. The van der Waals surface area contributed by atoms with E-state index in [0.717, 1.165) is 6.29 Å². The molecule has 1 heterocycles. The van der Waals surface area contributed by atoms with Crippen molar-refractivity contribution in [2.24, 2.45) is 0 Å². The summed E-state index contributed by atoms with van der Waals surface area (Å²) >= 11 is 0. The van der Waals surface area contributed by atoms with Crippen molar-refractivity contribution in [2.75, 3.05) is 0 Å². The molecule has 0 aliphatic rings. The van der Waals surface area contributed by atoms with Gasteiger partial charge < -0.3 is 4.74 Å². The Balaban J connectivity index is 1.66. The number of benzene rings is 2. The molecule has 0 saturated carbocycles. The molecule has 8 nitrogen and oxygen atoms in total. The average molecular weight is 324 g/mol. The third-order valence-corrected chi connectivity index (χ3v) is 3.27. The molecule has 0 saturated heterocycles. The predicted molar refractivity (Wildman–Crippen MR) is 84.2 cm³/mol. The number of rotatable bonds is 6. The highest BCUT2D eigenvalue weighted by Gasteiger charge is 2.07. The molecular weight excluding hydrogens is 312 g/mol. The topological polar surface area (TPSA) is 100 Å². The first-order chi connectivity index (χ1) is 11.7. The van der Waals surface area contributed by atoms with Crippen LogP contribution in [0.4, 0.5) is 5.69 Å². The van der Waals surface area contributed by atoms with Crippen molar-refractivity contribution < 1.29 is 14.5 Å². The van der Waals surface area contributed by atoms with Crippen LogP contribution in [0.2, 0.25) is 0 Å². The zero-order chi connectivity index (χ0) is 16.9.